The summed E-state index contributed by atoms with van der Waals surface area (Å²) in [7, 11) is 0. The van der Waals surface area contributed by atoms with E-state index in [1.165, 1.54) is 4.90 Å². The van der Waals surface area contributed by atoms with Crippen LogP contribution in [0.3, 0.4) is 0 Å². The number of rotatable bonds is 4. The van der Waals surface area contributed by atoms with Gasteiger partial charge in [0.1, 0.15) is 23.1 Å². The first-order chi connectivity index (χ1) is 20.1. The predicted molar refractivity (Wildman–Crippen MR) is 159 cm³/mol. The Balaban J connectivity index is 1.20. The number of aromatic nitrogens is 1. The molecular weight excluding hydrogens is 536 g/mol. The lowest BCUT2D eigenvalue weighted by molar-refractivity contribution is -0.120. The number of morpholine rings is 1. The number of amides is 2. The number of hydrogen-bond donors (Lipinski definition) is 2. The molecule has 2 fully saturated rings. The largest absolute Gasteiger partial charge is 0.456 e. The third kappa shape index (κ3) is 5.85. The first kappa shape index (κ1) is 27.8. The number of nitrogens with one attached hydrogen (secondary N) is 2. The third-order valence-corrected chi connectivity index (χ3v) is 7.70. The fraction of sp³-hybridized carbons (Fsp3) is 0.406. The van der Waals surface area contributed by atoms with Crippen LogP contribution in [0.1, 0.15) is 44.7 Å². The minimum atomic E-state index is -0.629. The van der Waals surface area contributed by atoms with Gasteiger partial charge in [-0.3, -0.25) is 14.5 Å². The van der Waals surface area contributed by atoms with Gasteiger partial charge in [0.05, 0.1) is 18.9 Å². The molecule has 0 spiro atoms. The Morgan fingerprint density at radius 1 is 1.02 bits per heavy atom. The van der Waals surface area contributed by atoms with Crippen molar-refractivity contribution >= 4 is 23.4 Å². The average molecular weight is 573 g/mol. The van der Waals surface area contributed by atoms with Crippen molar-refractivity contribution in [1.82, 2.24) is 9.88 Å². The van der Waals surface area contributed by atoms with Crippen molar-refractivity contribution in [2.24, 2.45) is 0 Å². The lowest BCUT2D eigenvalue weighted by Gasteiger charge is -2.29. The smallest absolute Gasteiger partial charge is 0.410 e. The van der Waals surface area contributed by atoms with Gasteiger partial charge in [0.2, 0.25) is 11.5 Å². The molecule has 10 nitrogen and oxygen atoms in total. The minimum Gasteiger partial charge on any atom is -0.456 e. The second kappa shape index (κ2) is 11.2. The summed E-state index contributed by atoms with van der Waals surface area (Å²) in [5, 5.41) is 2.99. The summed E-state index contributed by atoms with van der Waals surface area (Å²) < 4.78 is 17.4. The number of nitrogens with zero attached hydrogens (tertiary/aromatic N) is 2. The Labute approximate surface area is 244 Å². The lowest BCUT2D eigenvalue weighted by atomic mass is 9.96. The number of carbonyl (C=O) groups excluding carboxylic acids is 2. The van der Waals surface area contributed by atoms with Gasteiger partial charge >= 0.3 is 6.09 Å². The summed E-state index contributed by atoms with van der Waals surface area (Å²) in [6.45, 7) is 8.67. The van der Waals surface area contributed by atoms with Crippen LogP contribution in [-0.4, -0.2) is 66.4 Å². The fourth-order valence-electron chi connectivity index (χ4n) is 5.75. The standard InChI is InChI=1S/C32H36N4O6/c1-32(2,3)42-31(39)36-11-5-8-26(36)30(38)33-22-9-10-27-21(17-22)16-20-6-4-7-24(29(20)41-27)25-18-23(19-28(37)34-25)35-12-14-40-15-13-35/h4,6-7,9-10,17-19,26H,5,8,11-16H2,1-3H3,(H,33,38)(H,34,37)/t26-/m0/s1. The van der Waals surface area contributed by atoms with Gasteiger partial charge in [-0.05, 0) is 69.5 Å². The third-order valence-electron chi connectivity index (χ3n) is 7.70. The monoisotopic (exact) mass is 572 g/mol. The zero-order valence-electron chi connectivity index (χ0n) is 24.2. The zero-order chi connectivity index (χ0) is 29.4. The summed E-state index contributed by atoms with van der Waals surface area (Å²) in [6.07, 6.45) is 1.46. The van der Waals surface area contributed by atoms with Crippen LogP contribution in [0.15, 0.2) is 53.3 Å². The van der Waals surface area contributed by atoms with Crippen LogP contribution in [0.5, 0.6) is 11.5 Å². The molecule has 3 aromatic rings. The molecule has 3 aliphatic rings. The maximum Gasteiger partial charge on any atom is 0.410 e. The van der Waals surface area contributed by atoms with E-state index in [0.29, 0.717) is 55.5 Å². The van der Waals surface area contributed by atoms with E-state index < -0.39 is 17.7 Å². The summed E-state index contributed by atoms with van der Waals surface area (Å²) in [4.78, 5) is 45.1. The van der Waals surface area contributed by atoms with E-state index in [1.54, 1.807) is 12.1 Å². The highest BCUT2D eigenvalue weighted by Crippen LogP contribution is 2.43. The van der Waals surface area contributed by atoms with Crippen LogP contribution in [0.4, 0.5) is 16.2 Å². The van der Waals surface area contributed by atoms with Gasteiger partial charge in [-0.25, -0.2) is 4.79 Å². The van der Waals surface area contributed by atoms with Crippen LogP contribution < -0.4 is 20.5 Å². The number of pyridine rings is 1. The summed E-state index contributed by atoms with van der Waals surface area (Å²) >= 11 is 0. The Bertz CT molecular complexity index is 1570. The van der Waals surface area contributed by atoms with Crippen LogP contribution in [0.2, 0.25) is 0 Å². The van der Waals surface area contributed by atoms with Crippen LogP contribution in [0, 0.1) is 0 Å². The number of likely N-dealkylation sites (tertiary alicyclic amines) is 1. The van der Waals surface area contributed by atoms with E-state index in [0.717, 1.165) is 41.9 Å². The minimum absolute atomic E-state index is 0.171. The molecule has 1 atom stereocenters. The van der Waals surface area contributed by atoms with Crippen LogP contribution in [-0.2, 0) is 20.7 Å². The van der Waals surface area contributed by atoms with Crippen LogP contribution in [0.25, 0.3) is 11.3 Å². The van der Waals surface area contributed by atoms with Gasteiger partial charge in [-0.2, -0.15) is 0 Å². The quantitative estimate of drug-likeness (QED) is 0.357. The first-order valence-electron chi connectivity index (χ1n) is 14.5. The number of para-hydroxylation sites is 1. The van der Waals surface area contributed by atoms with Crippen molar-refractivity contribution in [2.75, 3.05) is 43.1 Å². The Kier molecular flexibility index (Phi) is 7.40. The molecule has 6 rings (SSSR count). The molecule has 2 N–H and O–H groups in total. The molecule has 0 unspecified atom stereocenters. The maximum absolute atomic E-state index is 13.2. The second-order valence-electron chi connectivity index (χ2n) is 11.9. The van der Waals surface area contributed by atoms with Crippen molar-refractivity contribution in [3.05, 3.63) is 70.0 Å². The molecule has 0 saturated carbocycles. The lowest BCUT2D eigenvalue weighted by Crippen LogP contribution is -2.45. The number of benzene rings is 2. The molecular formula is C32H36N4O6. The molecule has 4 heterocycles. The fourth-order valence-corrected chi connectivity index (χ4v) is 5.75. The summed E-state index contributed by atoms with van der Waals surface area (Å²) in [6, 6.07) is 14.5. The SMILES string of the molecule is CC(C)(C)OC(=O)N1CCC[C@H]1C(=O)Nc1ccc2c(c1)Cc1cccc(-c3cc(N4CCOCC4)cc(=O)[nH]3)c1O2. The highest BCUT2D eigenvalue weighted by atomic mass is 16.6. The van der Waals surface area contributed by atoms with Crippen molar-refractivity contribution in [3.63, 3.8) is 0 Å². The Morgan fingerprint density at radius 2 is 1.83 bits per heavy atom. The van der Waals surface area contributed by atoms with Gasteiger partial charge in [0, 0.05) is 54.6 Å². The van der Waals surface area contributed by atoms with Crippen molar-refractivity contribution in [3.8, 4) is 22.8 Å². The summed E-state index contributed by atoms with van der Waals surface area (Å²) in [5.41, 5.74) is 4.12. The van der Waals surface area contributed by atoms with Gasteiger partial charge in [-0.15, -0.1) is 0 Å². The zero-order valence-corrected chi connectivity index (χ0v) is 24.2. The number of H-pyrrole nitrogens is 1. The number of carbonyl (C=O) groups is 2. The highest BCUT2D eigenvalue weighted by Gasteiger charge is 2.36. The van der Waals surface area contributed by atoms with E-state index in [9.17, 15) is 14.4 Å². The van der Waals surface area contributed by atoms with Gasteiger partial charge in [0.15, 0.2) is 0 Å². The normalized spacial score (nSPS) is 18.1. The molecule has 0 aliphatic carbocycles. The predicted octanol–water partition coefficient (Wildman–Crippen LogP) is 4.91. The number of ether oxygens (including phenoxy) is 3. The molecule has 2 amide bonds. The second-order valence-corrected chi connectivity index (χ2v) is 11.9. The Morgan fingerprint density at radius 3 is 2.62 bits per heavy atom. The molecule has 0 radical (unpaired) electrons. The average Bonchev–Trinajstić information content (AvgIpc) is 3.46. The van der Waals surface area contributed by atoms with Crippen molar-refractivity contribution < 1.29 is 23.8 Å². The topological polar surface area (TPSA) is 113 Å². The molecule has 2 saturated heterocycles. The number of hydrogen-bond acceptors (Lipinski definition) is 7. The van der Waals surface area contributed by atoms with Crippen molar-refractivity contribution in [1.29, 1.82) is 0 Å². The van der Waals surface area contributed by atoms with E-state index in [4.69, 9.17) is 14.2 Å². The number of anilines is 2. The molecule has 10 heteroatoms. The number of aromatic amines is 1. The van der Waals surface area contributed by atoms with Gasteiger partial charge in [0.25, 0.3) is 0 Å². The molecule has 1 aromatic heterocycles. The summed E-state index contributed by atoms with van der Waals surface area (Å²) in [5.74, 6) is 1.16. The first-order valence-corrected chi connectivity index (χ1v) is 14.5. The van der Waals surface area contributed by atoms with E-state index in [1.807, 2.05) is 57.2 Å². The van der Waals surface area contributed by atoms with Gasteiger partial charge in [-0.1, -0.05) is 12.1 Å². The van der Waals surface area contributed by atoms with Crippen LogP contribution >= 0.6 is 0 Å². The maximum atomic E-state index is 13.2. The van der Waals surface area contributed by atoms with Crippen molar-refractivity contribution in [2.45, 2.75) is 51.7 Å². The molecule has 2 aromatic carbocycles. The molecule has 3 aliphatic heterocycles. The molecule has 0 bridgehead atoms. The van der Waals surface area contributed by atoms with E-state index in [-0.39, 0.29) is 11.5 Å². The molecule has 42 heavy (non-hydrogen) atoms. The highest BCUT2D eigenvalue weighted by molar-refractivity contribution is 5.97. The Hall–Kier alpha value is -4.31. The van der Waals surface area contributed by atoms with E-state index in [2.05, 4.69) is 15.2 Å². The van der Waals surface area contributed by atoms with E-state index >= 15 is 0 Å². The number of fused-ring (bicyclic) bond motifs is 2. The van der Waals surface area contributed by atoms with Gasteiger partial charge < -0.3 is 29.4 Å². The molecule has 220 valence electrons.